The minimum absolute atomic E-state index is 0.00131. The van der Waals surface area contributed by atoms with Crippen molar-refractivity contribution in [3.63, 3.8) is 0 Å². The Balaban J connectivity index is 1.58. The molecule has 0 N–H and O–H groups in total. The van der Waals surface area contributed by atoms with Crippen LogP contribution in [0.1, 0.15) is 48.9 Å². The zero-order chi connectivity index (χ0) is 24.4. The predicted octanol–water partition coefficient (Wildman–Crippen LogP) is 4.68. The molecule has 7 nitrogen and oxygen atoms in total. The molecule has 4 aliphatic rings. The average molecular weight is 821 g/mol. The van der Waals surface area contributed by atoms with Crippen LogP contribution in [0.25, 0.3) is 0 Å². The van der Waals surface area contributed by atoms with E-state index in [-0.39, 0.29) is 18.3 Å². The van der Waals surface area contributed by atoms with Crippen molar-refractivity contribution in [2.24, 2.45) is 17.3 Å². The van der Waals surface area contributed by atoms with E-state index in [9.17, 15) is 31.3 Å². The first-order chi connectivity index (χ1) is 15.1. The minimum Gasteiger partial charge on any atom is -0.748 e. The molecule has 0 heterocycles. The highest BCUT2D eigenvalue weighted by Gasteiger charge is 2.64. The Morgan fingerprint density at radius 2 is 1.73 bits per heavy atom. The molecule has 182 valence electrons. The Morgan fingerprint density at radius 3 is 2.30 bits per heavy atom. The van der Waals surface area contributed by atoms with Crippen molar-refractivity contribution in [1.82, 2.24) is 0 Å². The van der Waals surface area contributed by atoms with E-state index in [4.69, 9.17) is 4.74 Å². The van der Waals surface area contributed by atoms with Crippen LogP contribution in [0, 0.1) is 28.0 Å². The number of esters is 2. The third-order valence-corrected chi connectivity index (χ3v) is 10.9. The summed E-state index contributed by atoms with van der Waals surface area (Å²) in [6.07, 6.45) is -1.90. The molecule has 4 bridgehead atoms. The molecule has 0 radical (unpaired) electrons. The highest BCUT2D eigenvalue weighted by molar-refractivity contribution is 14.1. The van der Waals surface area contributed by atoms with Crippen LogP contribution in [0.5, 0.6) is 0 Å². The molecular weight excluding hydrogens is 803 g/mol. The van der Waals surface area contributed by atoms with Crippen molar-refractivity contribution < 1.29 is 40.8 Å². The first-order valence-electron chi connectivity index (χ1n) is 10.0. The molecule has 1 aromatic rings. The van der Waals surface area contributed by atoms with Gasteiger partial charge in [0.25, 0.3) is 0 Å². The highest BCUT2D eigenvalue weighted by atomic mass is 127. The van der Waals surface area contributed by atoms with Crippen LogP contribution in [0.15, 0.2) is 12.1 Å². The minimum atomic E-state index is -5.30. The van der Waals surface area contributed by atoms with E-state index in [1.54, 1.807) is 6.07 Å². The monoisotopic (exact) mass is 821 g/mol. The average Bonchev–Trinajstić information content (AvgIpc) is 2.60. The summed E-state index contributed by atoms with van der Waals surface area (Å²) in [6, 6.07) is 3.65. The summed E-state index contributed by atoms with van der Waals surface area (Å²) in [5, 5.41) is 0. The molecular formula is C20H18F2I3O7S-. The van der Waals surface area contributed by atoms with Crippen molar-refractivity contribution in [3.05, 3.63) is 28.4 Å². The van der Waals surface area contributed by atoms with Gasteiger partial charge in [0.1, 0.15) is 21.5 Å². The van der Waals surface area contributed by atoms with Crippen molar-refractivity contribution in [2.45, 2.75) is 50.2 Å². The Bertz CT molecular complexity index is 1110. The summed E-state index contributed by atoms with van der Waals surface area (Å²) in [4.78, 5) is 26.0. The molecule has 1 aromatic carbocycles. The lowest BCUT2D eigenvalue weighted by molar-refractivity contribution is -0.247. The lowest BCUT2D eigenvalue weighted by atomic mass is 9.48. The summed E-state index contributed by atoms with van der Waals surface area (Å²) in [6.45, 7) is 0. The van der Waals surface area contributed by atoms with Crippen LogP contribution < -0.4 is 0 Å². The van der Waals surface area contributed by atoms with Crippen molar-refractivity contribution in [3.8, 4) is 0 Å². The van der Waals surface area contributed by atoms with Gasteiger partial charge in [-0.2, -0.15) is 8.78 Å². The van der Waals surface area contributed by atoms with Crippen molar-refractivity contribution >= 4 is 89.8 Å². The Morgan fingerprint density at radius 1 is 1.12 bits per heavy atom. The third kappa shape index (κ3) is 5.60. The van der Waals surface area contributed by atoms with E-state index in [2.05, 4.69) is 72.5 Å². The van der Waals surface area contributed by atoms with Gasteiger partial charge in [-0.25, -0.2) is 13.2 Å². The molecule has 33 heavy (non-hydrogen) atoms. The second-order valence-corrected chi connectivity index (χ2v) is 14.2. The van der Waals surface area contributed by atoms with Crippen LogP contribution in [0.3, 0.4) is 0 Å². The highest BCUT2D eigenvalue weighted by Crippen LogP contribution is 2.63. The van der Waals surface area contributed by atoms with Gasteiger partial charge in [-0.3, -0.25) is 4.79 Å². The normalized spacial score (nSPS) is 30.8. The van der Waals surface area contributed by atoms with E-state index in [0.717, 1.165) is 17.1 Å². The lowest BCUT2D eigenvalue weighted by Gasteiger charge is -2.59. The molecule has 4 saturated carbocycles. The Kier molecular flexibility index (Phi) is 7.06. The second-order valence-electron chi connectivity index (χ2n) is 9.29. The molecule has 0 saturated heterocycles. The van der Waals surface area contributed by atoms with Crippen molar-refractivity contribution in [2.75, 3.05) is 5.75 Å². The fourth-order valence-electron chi connectivity index (χ4n) is 5.97. The van der Waals surface area contributed by atoms with Gasteiger partial charge in [-0.05, 0) is 124 Å². The SMILES string of the molecule is O=C(OC12CC3CC(C1)CC(C(=O)OC(F)(F)CS(=O)(=O)[O-])(C3)C2)c1cc(I)cc(I)c1I. The number of rotatable bonds is 6. The smallest absolute Gasteiger partial charge is 0.413 e. The van der Waals surface area contributed by atoms with Gasteiger partial charge >= 0.3 is 18.0 Å². The number of ether oxygens (including phenoxy) is 2. The van der Waals surface area contributed by atoms with Crippen LogP contribution in [0.4, 0.5) is 8.78 Å². The lowest BCUT2D eigenvalue weighted by Crippen LogP contribution is -2.60. The zero-order valence-corrected chi connectivity index (χ0v) is 24.2. The van der Waals surface area contributed by atoms with E-state index in [1.807, 2.05) is 6.07 Å². The largest absolute Gasteiger partial charge is 0.748 e. The van der Waals surface area contributed by atoms with Crippen molar-refractivity contribution in [1.29, 1.82) is 0 Å². The Hall–Kier alpha value is 0.120. The first kappa shape index (κ1) is 26.2. The van der Waals surface area contributed by atoms with Crippen LogP contribution in [0.2, 0.25) is 0 Å². The van der Waals surface area contributed by atoms with Gasteiger partial charge in [0, 0.05) is 17.1 Å². The quantitative estimate of drug-likeness (QED) is 0.178. The van der Waals surface area contributed by atoms with Gasteiger partial charge in [0.2, 0.25) is 0 Å². The third-order valence-electron chi connectivity index (χ3n) is 6.55. The molecule has 2 atom stereocenters. The maximum atomic E-state index is 14.0. The number of benzene rings is 1. The number of hydrogen-bond acceptors (Lipinski definition) is 7. The molecule has 0 aliphatic heterocycles. The van der Waals surface area contributed by atoms with Crippen LogP contribution in [-0.4, -0.2) is 42.4 Å². The molecule has 0 spiro atoms. The number of halogens is 5. The second kappa shape index (κ2) is 8.90. The summed E-state index contributed by atoms with van der Waals surface area (Å²) >= 11 is 6.31. The molecule has 4 fully saturated rings. The van der Waals surface area contributed by atoms with Gasteiger partial charge in [0.05, 0.1) is 11.0 Å². The number of hydrogen-bond donors (Lipinski definition) is 0. The van der Waals surface area contributed by atoms with E-state index in [1.165, 1.54) is 0 Å². The summed E-state index contributed by atoms with van der Waals surface area (Å²) < 4.78 is 73.1. The van der Waals surface area contributed by atoms with Gasteiger partial charge in [0.15, 0.2) is 0 Å². The van der Waals surface area contributed by atoms with E-state index >= 15 is 0 Å². The fourth-order valence-corrected chi connectivity index (χ4v) is 8.82. The summed E-state index contributed by atoms with van der Waals surface area (Å²) in [5.41, 5.74) is -1.87. The first-order valence-corrected chi connectivity index (χ1v) is 14.9. The van der Waals surface area contributed by atoms with E-state index < -0.39 is 44.9 Å². The van der Waals surface area contributed by atoms with Gasteiger partial charge < -0.3 is 14.0 Å². The fraction of sp³-hybridized carbons (Fsp3) is 0.600. The molecule has 13 heteroatoms. The Labute approximate surface area is 230 Å². The van der Waals surface area contributed by atoms with E-state index in [0.29, 0.717) is 31.2 Å². The molecule has 2 unspecified atom stereocenters. The van der Waals surface area contributed by atoms with Gasteiger partial charge in [-0.15, -0.1) is 0 Å². The maximum Gasteiger partial charge on any atom is 0.413 e. The summed E-state index contributed by atoms with van der Waals surface area (Å²) in [7, 11) is -5.30. The molecule has 4 aliphatic carbocycles. The van der Waals surface area contributed by atoms with Crippen LogP contribution >= 0.6 is 67.8 Å². The number of carbonyl (C=O) groups is 2. The molecule has 0 aromatic heterocycles. The zero-order valence-electron chi connectivity index (χ0n) is 16.9. The number of alkyl halides is 2. The van der Waals surface area contributed by atoms with Gasteiger partial charge in [-0.1, -0.05) is 0 Å². The number of carbonyl (C=O) groups excluding carboxylic acids is 2. The topological polar surface area (TPSA) is 110 Å². The predicted molar refractivity (Wildman–Crippen MR) is 135 cm³/mol. The summed E-state index contributed by atoms with van der Waals surface area (Å²) in [5.74, 6) is -3.87. The van der Waals surface area contributed by atoms with Crippen LogP contribution in [-0.2, 0) is 24.4 Å². The maximum absolute atomic E-state index is 14.0. The standard InChI is InChI=1S/C20H19F2I3O7S/c21-20(22,9-33(28,29)30)32-17(27)18-4-10-1-11(5-18)7-19(6-10,8-18)31-16(26)13-2-12(23)3-14(24)15(13)25/h2-3,10-11H,1,4-9H2,(H,28,29,30)/p-1. The molecule has 0 amide bonds. The molecule has 5 rings (SSSR count).